The molecule has 2 aromatic heterocycles. The number of para-hydroxylation sites is 4. The summed E-state index contributed by atoms with van der Waals surface area (Å²) in [6.45, 7) is 17.9. The van der Waals surface area contributed by atoms with E-state index in [0.717, 1.165) is 68.2 Å². The van der Waals surface area contributed by atoms with E-state index in [0.29, 0.717) is 0 Å². The number of rotatable bonds is 12. The van der Waals surface area contributed by atoms with E-state index in [1.807, 2.05) is 22.7 Å². The van der Waals surface area contributed by atoms with Crippen molar-refractivity contribution in [2.24, 2.45) is 0 Å². The van der Waals surface area contributed by atoms with Gasteiger partial charge in [-0.15, -0.1) is 22.7 Å². The lowest BCUT2D eigenvalue weighted by atomic mass is 9.87. The van der Waals surface area contributed by atoms with Crippen LogP contribution in [0.4, 0.5) is 68.2 Å². The zero-order valence-corrected chi connectivity index (χ0v) is 61.6. The molecule has 2 heterocycles. The molecule has 0 aliphatic heterocycles. The number of nitrogens with zero attached hydrogens (tertiary/aromatic N) is 4. The third-order valence-electron chi connectivity index (χ3n) is 20.5. The minimum Gasteiger partial charge on any atom is -0.310 e. The van der Waals surface area contributed by atoms with Crippen LogP contribution in [0, 0.1) is 13.8 Å². The van der Waals surface area contributed by atoms with Crippen LogP contribution in [0.5, 0.6) is 0 Å². The summed E-state index contributed by atoms with van der Waals surface area (Å²) in [6, 6.07) is 124. The quantitative estimate of drug-likeness (QED) is 0.113. The van der Waals surface area contributed by atoms with Gasteiger partial charge in [-0.25, -0.2) is 0 Å². The van der Waals surface area contributed by atoms with Crippen molar-refractivity contribution >= 4 is 174 Å². The van der Waals surface area contributed by atoms with Crippen LogP contribution in [0.25, 0.3) is 83.4 Å². The molecule has 0 fully saturated rings. The summed E-state index contributed by atoms with van der Waals surface area (Å²) in [7, 11) is 0. The van der Waals surface area contributed by atoms with Crippen LogP contribution in [0.1, 0.15) is 63.8 Å². The lowest BCUT2D eigenvalue weighted by molar-refractivity contribution is 0.590. The summed E-state index contributed by atoms with van der Waals surface area (Å²) in [5.74, 6) is 0. The van der Waals surface area contributed by atoms with Crippen molar-refractivity contribution in [2.45, 2.75) is 66.2 Å². The fourth-order valence-corrected chi connectivity index (χ4v) is 17.7. The maximum Gasteiger partial charge on any atom is 0.0476 e. The summed E-state index contributed by atoms with van der Waals surface area (Å²) in [5, 5.41) is 15.5. The second kappa shape index (κ2) is 26.9. The van der Waals surface area contributed by atoms with E-state index >= 15 is 0 Å². The largest absolute Gasteiger partial charge is 0.310 e. The van der Waals surface area contributed by atoms with E-state index in [4.69, 9.17) is 0 Å². The molecule has 0 atom stereocenters. The van der Waals surface area contributed by atoms with Gasteiger partial charge in [0.2, 0.25) is 0 Å². The van der Waals surface area contributed by atoms with Crippen molar-refractivity contribution in [2.75, 3.05) is 19.6 Å². The fraction of sp³-hybridized carbons (Fsp3) is 0.102. The zero-order chi connectivity index (χ0) is 70.8. The van der Waals surface area contributed by atoms with Crippen molar-refractivity contribution in [3.8, 4) is 0 Å². The molecule has 18 rings (SSSR count). The Bertz CT molecular complexity index is 6170. The van der Waals surface area contributed by atoms with E-state index in [1.165, 1.54) is 106 Å². The van der Waals surface area contributed by atoms with Gasteiger partial charge in [-0.05, 0) is 214 Å². The van der Waals surface area contributed by atoms with Gasteiger partial charge in [-0.2, -0.15) is 0 Å². The van der Waals surface area contributed by atoms with Gasteiger partial charge in [-0.3, -0.25) is 0 Å². The molecular weight excluding hydrogens is 1300 g/mol. The Morgan fingerprint density at radius 1 is 0.202 bits per heavy atom. The summed E-state index contributed by atoms with van der Waals surface area (Å²) in [6.07, 6.45) is 0. The third kappa shape index (κ3) is 12.2. The molecule has 0 saturated carbocycles. The molecule has 104 heavy (non-hydrogen) atoms. The Hall–Kier alpha value is -11.8. The number of hydrogen-bond donors (Lipinski definition) is 0. The molecular formula is C98H80N4S2. The summed E-state index contributed by atoms with van der Waals surface area (Å²) >= 11 is 3.80. The molecule has 0 spiro atoms. The Morgan fingerprint density at radius 3 is 0.740 bits per heavy atom. The van der Waals surface area contributed by atoms with Gasteiger partial charge in [0.05, 0.1) is 0 Å². The molecule has 0 saturated heterocycles. The monoisotopic (exact) mass is 1380 g/mol. The first-order valence-electron chi connectivity index (χ1n) is 36.0. The topological polar surface area (TPSA) is 13.0 Å². The van der Waals surface area contributed by atoms with E-state index in [1.54, 1.807) is 0 Å². The van der Waals surface area contributed by atoms with Crippen molar-refractivity contribution < 1.29 is 0 Å². The Balaban J connectivity index is 0.000000155. The van der Waals surface area contributed by atoms with Gasteiger partial charge in [0.1, 0.15) is 0 Å². The third-order valence-corrected chi connectivity index (χ3v) is 22.8. The van der Waals surface area contributed by atoms with Crippen LogP contribution in [-0.4, -0.2) is 0 Å². The SMILES string of the molecule is CC(C)(C)c1ccc(N(c2ccccc2)c2ccc3c(c2)sc2c4ccc(N(c5ccccc5)c5ccc(C(C)(C)C)cc5)cc4c4ccccc4c32)cc1.Cc1ccc(N(c2ccccc2)c2ccc3c(c2)sc2c4ccc(N(c5ccccc5)c5ccc(C)cc5)cc4c4ccccc4c32)cc1. The van der Waals surface area contributed by atoms with Crippen molar-refractivity contribution in [3.63, 3.8) is 0 Å². The fourth-order valence-electron chi connectivity index (χ4n) is 15.1. The summed E-state index contributed by atoms with van der Waals surface area (Å²) in [4.78, 5) is 9.48. The van der Waals surface area contributed by atoms with Crippen LogP contribution < -0.4 is 19.6 Å². The van der Waals surface area contributed by atoms with Crippen LogP contribution in [0.2, 0.25) is 0 Å². The van der Waals surface area contributed by atoms with Crippen LogP contribution in [0.15, 0.2) is 340 Å². The number of fused-ring (bicyclic) bond motifs is 16. The number of aryl methyl sites for hydroxylation is 2. The summed E-state index contributed by atoms with van der Waals surface area (Å²) in [5.41, 5.74) is 19.1. The Kier molecular flexibility index (Phi) is 16.9. The van der Waals surface area contributed by atoms with Gasteiger partial charge in [0, 0.05) is 119 Å². The number of hydrogen-bond acceptors (Lipinski definition) is 6. The second-order valence-corrected chi connectivity index (χ2v) is 31.6. The number of benzene rings is 16. The second-order valence-electron chi connectivity index (χ2n) is 29.5. The van der Waals surface area contributed by atoms with E-state index in [9.17, 15) is 0 Å². The van der Waals surface area contributed by atoms with Crippen molar-refractivity contribution in [1.82, 2.24) is 0 Å². The molecule has 0 radical (unpaired) electrons. The van der Waals surface area contributed by atoms with Gasteiger partial charge in [-0.1, -0.05) is 247 Å². The number of anilines is 12. The molecule has 504 valence electrons. The highest BCUT2D eigenvalue weighted by molar-refractivity contribution is 7.27. The molecule has 0 bridgehead atoms. The maximum atomic E-state index is 2.40. The highest BCUT2D eigenvalue weighted by atomic mass is 32.1. The molecule has 16 aromatic carbocycles. The van der Waals surface area contributed by atoms with Crippen LogP contribution >= 0.6 is 22.7 Å². The highest BCUT2D eigenvalue weighted by Crippen LogP contribution is 2.51. The Labute approximate surface area is 617 Å². The molecule has 6 heteroatoms. The predicted octanol–water partition coefficient (Wildman–Crippen LogP) is 29.8. The lowest BCUT2D eigenvalue weighted by Crippen LogP contribution is -2.13. The first-order valence-corrected chi connectivity index (χ1v) is 37.7. The maximum absolute atomic E-state index is 2.40. The van der Waals surface area contributed by atoms with Crippen LogP contribution in [-0.2, 0) is 10.8 Å². The van der Waals surface area contributed by atoms with Gasteiger partial charge in [0.25, 0.3) is 0 Å². The molecule has 4 nitrogen and oxygen atoms in total. The van der Waals surface area contributed by atoms with E-state index < -0.39 is 0 Å². The highest BCUT2D eigenvalue weighted by Gasteiger charge is 2.25. The molecule has 18 aromatic rings. The minimum absolute atomic E-state index is 0.0892. The average Bonchev–Trinajstić information content (AvgIpc) is 1.54. The molecule has 0 N–H and O–H groups in total. The first kappa shape index (κ1) is 65.5. The van der Waals surface area contributed by atoms with E-state index in [2.05, 4.69) is 415 Å². The average molecular weight is 1380 g/mol. The van der Waals surface area contributed by atoms with E-state index in [-0.39, 0.29) is 10.8 Å². The zero-order valence-electron chi connectivity index (χ0n) is 59.9. The van der Waals surface area contributed by atoms with Gasteiger partial charge in [0.15, 0.2) is 0 Å². The molecule has 0 aliphatic carbocycles. The standard InChI is InChI=1S/C52H46N2S.C46H34N2S/c1-51(2,3)35-21-25-39(26-22-35)53(37-15-9-7-10-16-37)41-29-31-45-47(33-41)43-19-13-14-20-44(43)49-46-32-30-42(34-48(46)55-50(45)49)54(38-17-11-8-12-18-38)40-27-23-36(24-28-40)52(4,5)6;1-31-17-21-35(22-18-31)47(33-11-5-3-6-12-33)37-25-27-41-43(29-37)39-15-9-10-16-40(39)45-42-28-26-38(30-44(42)49-46(41)45)48(34-13-7-4-8-14-34)36-23-19-32(2)20-24-36/h7-34H,1-6H3;3-30H,1-2H3. The lowest BCUT2D eigenvalue weighted by Gasteiger charge is -2.27. The van der Waals surface area contributed by atoms with Crippen LogP contribution in [0.3, 0.4) is 0 Å². The predicted molar refractivity (Wildman–Crippen MR) is 454 cm³/mol. The van der Waals surface area contributed by atoms with Crippen molar-refractivity contribution in [3.05, 3.63) is 362 Å². The number of thiophene rings is 2. The molecule has 0 aliphatic rings. The minimum atomic E-state index is 0.0892. The van der Waals surface area contributed by atoms with Gasteiger partial charge >= 0.3 is 0 Å². The smallest absolute Gasteiger partial charge is 0.0476 e. The van der Waals surface area contributed by atoms with Gasteiger partial charge < -0.3 is 19.6 Å². The van der Waals surface area contributed by atoms with Crippen molar-refractivity contribution in [1.29, 1.82) is 0 Å². The summed E-state index contributed by atoms with van der Waals surface area (Å²) < 4.78 is 5.23. The molecule has 0 unspecified atom stereocenters. The molecule has 0 amide bonds. The normalized spacial score (nSPS) is 11.8. The first-order chi connectivity index (χ1) is 50.7. The Morgan fingerprint density at radius 2 is 0.442 bits per heavy atom.